The number of fused-ring (bicyclic) bond motifs is 1. The lowest BCUT2D eigenvalue weighted by molar-refractivity contribution is 0.659. The topological polar surface area (TPSA) is 42.2 Å². The molecule has 3 rings (SSSR count). The van der Waals surface area contributed by atoms with E-state index in [4.69, 9.17) is 5.73 Å². The normalized spacial score (nSPS) is 20.1. The highest BCUT2D eigenvalue weighted by atomic mass is 15.2. The van der Waals surface area contributed by atoms with Gasteiger partial charge in [0.25, 0.3) is 0 Å². The first-order chi connectivity index (χ1) is 8.25. The van der Waals surface area contributed by atoms with Gasteiger partial charge in [-0.3, -0.25) is 4.98 Å². The Morgan fingerprint density at radius 3 is 3.00 bits per heavy atom. The Bertz CT molecular complexity index is 550. The Morgan fingerprint density at radius 1 is 1.35 bits per heavy atom. The molecular weight excluding hydrogens is 210 g/mol. The van der Waals surface area contributed by atoms with Crippen molar-refractivity contribution in [2.45, 2.75) is 13.3 Å². The summed E-state index contributed by atoms with van der Waals surface area (Å²) >= 11 is 0. The van der Waals surface area contributed by atoms with E-state index in [0.29, 0.717) is 0 Å². The predicted molar refractivity (Wildman–Crippen MR) is 72.1 cm³/mol. The maximum absolute atomic E-state index is 6.26. The van der Waals surface area contributed by atoms with Crippen molar-refractivity contribution < 1.29 is 0 Å². The summed E-state index contributed by atoms with van der Waals surface area (Å²) in [5, 5.41) is 1.06. The van der Waals surface area contributed by atoms with Crippen LogP contribution in [0.4, 0.5) is 11.4 Å². The average molecular weight is 227 g/mol. The maximum atomic E-state index is 6.26. The minimum absolute atomic E-state index is 0.763. The van der Waals surface area contributed by atoms with Gasteiger partial charge in [-0.1, -0.05) is 6.92 Å². The van der Waals surface area contributed by atoms with E-state index in [1.54, 1.807) is 6.20 Å². The molecule has 0 amide bonds. The smallest absolute Gasteiger partial charge is 0.0724 e. The van der Waals surface area contributed by atoms with Crippen molar-refractivity contribution in [1.82, 2.24) is 4.98 Å². The average Bonchev–Trinajstić information content (AvgIpc) is 2.77. The number of hydrogen-bond donors (Lipinski definition) is 1. The van der Waals surface area contributed by atoms with E-state index in [0.717, 1.165) is 41.3 Å². The van der Waals surface area contributed by atoms with Gasteiger partial charge in [0.15, 0.2) is 0 Å². The molecule has 2 heterocycles. The number of nitrogens with zero attached hydrogens (tertiary/aromatic N) is 2. The second kappa shape index (κ2) is 3.91. The van der Waals surface area contributed by atoms with E-state index in [1.807, 2.05) is 12.1 Å². The van der Waals surface area contributed by atoms with Crippen LogP contribution < -0.4 is 10.6 Å². The maximum Gasteiger partial charge on any atom is 0.0724 e. The quantitative estimate of drug-likeness (QED) is 0.762. The van der Waals surface area contributed by atoms with Crippen molar-refractivity contribution in [2.24, 2.45) is 5.92 Å². The van der Waals surface area contributed by atoms with Gasteiger partial charge in [0.1, 0.15) is 0 Å². The van der Waals surface area contributed by atoms with Crippen molar-refractivity contribution >= 4 is 22.3 Å². The van der Waals surface area contributed by atoms with Crippen molar-refractivity contribution in [1.29, 1.82) is 0 Å². The highest BCUT2D eigenvalue weighted by Gasteiger charge is 2.21. The molecule has 2 aromatic rings. The fourth-order valence-corrected chi connectivity index (χ4v) is 2.59. The van der Waals surface area contributed by atoms with Crippen LogP contribution in [0.5, 0.6) is 0 Å². The van der Waals surface area contributed by atoms with Crippen LogP contribution in [0.15, 0.2) is 30.5 Å². The van der Waals surface area contributed by atoms with Gasteiger partial charge in [0.2, 0.25) is 0 Å². The molecule has 1 saturated heterocycles. The van der Waals surface area contributed by atoms with E-state index in [2.05, 4.69) is 28.9 Å². The minimum Gasteiger partial charge on any atom is -0.396 e. The highest BCUT2D eigenvalue weighted by Crippen LogP contribution is 2.33. The summed E-state index contributed by atoms with van der Waals surface area (Å²) in [7, 11) is 0. The zero-order valence-electron chi connectivity index (χ0n) is 10.1. The van der Waals surface area contributed by atoms with Gasteiger partial charge in [-0.05, 0) is 36.6 Å². The van der Waals surface area contributed by atoms with Gasteiger partial charge >= 0.3 is 0 Å². The molecule has 0 bridgehead atoms. The van der Waals surface area contributed by atoms with Gasteiger partial charge in [-0.2, -0.15) is 0 Å². The monoisotopic (exact) mass is 227 g/mol. The Morgan fingerprint density at radius 2 is 2.24 bits per heavy atom. The summed E-state index contributed by atoms with van der Waals surface area (Å²) in [5.74, 6) is 0.763. The third-order valence-electron chi connectivity index (χ3n) is 3.57. The van der Waals surface area contributed by atoms with E-state index < -0.39 is 0 Å². The van der Waals surface area contributed by atoms with Crippen molar-refractivity contribution in [3.8, 4) is 0 Å². The minimum atomic E-state index is 0.763. The lowest BCUT2D eigenvalue weighted by atomic mass is 10.1. The summed E-state index contributed by atoms with van der Waals surface area (Å²) < 4.78 is 0. The van der Waals surface area contributed by atoms with Crippen LogP contribution in [0.25, 0.3) is 10.9 Å². The molecule has 0 radical (unpaired) electrons. The number of pyridine rings is 1. The second-order valence-corrected chi connectivity index (χ2v) is 4.91. The molecule has 0 saturated carbocycles. The van der Waals surface area contributed by atoms with E-state index >= 15 is 0 Å². The summed E-state index contributed by atoms with van der Waals surface area (Å²) in [6.07, 6.45) is 3.06. The largest absolute Gasteiger partial charge is 0.396 e. The van der Waals surface area contributed by atoms with Gasteiger partial charge in [0.05, 0.1) is 16.9 Å². The van der Waals surface area contributed by atoms with Crippen LogP contribution in [0.1, 0.15) is 13.3 Å². The van der Waals surface area contributed by atoms with E-state index in [1.165, 1.54) is 6.42 Å². The molecule has 1 aliphatic rings. The molecule has 1 atom stereocenters. The SMILES string of the molecule is CC1CCN(c2ccc3ncccc3c2N)C1. The Labute approximate surface area is 101 Å². The number of nitrogen functional groups attached to an aromatic ring is 1. The summed E-state index contributed by atoms with van der Waals surface area (Å²) in [6.45, 7) is 4.51. The van der Waals surface area contributed by atoms with Crippen LogP contribution in [-0.4, -0.2) is 18.1 Å². The first kappa shape index (κ1) is 10.4. The number of aromatic nitrogens is 1. The van der Waals surface area contributed by atoms with Gasteiger partial charge in [-0.25, -0.2) is 0 Å². The number of nitrogens with two attached hydrogens (primary N) is 1. The Hall–Kier alpha value is -1.77. The number of benzene rings is 1. The van der Waals surface area contributed by atoms with Crippen LogP contribution in [0, 0.1) is 5.92 Å². The van der Waals surface area contributed by atoms with Crippen LogP contribution >= 0.6 is 0 Å². The molecule has 88 valence electrons. The van der Waals surface area contributed by atoms with Gasteiger partial charge in [0, 0.05) is 24.7 Å². The van der Waals surface area contributed by atoms with Crippen LogP contribution in [-0.2, 0) is 0 Å². The highest BCUT2D eigenvalue weighted by molar-refractivity contribution is 5.97. The Balaban J connectivity index is 2.08. The molecule has 1 fully saturated rings. The van der Waals surface area contributed by atoms with E-state index in [9.17, 15) is 0 Å². The molecule has 2 N–H and O–H groups in total. The van der Waals surface area contributed by atoms with Crippen LogP contribution in [0.3, 0.4) is 0 Å². The van der Waals surface area contributed by atoms with Crippen molar-refractivity contribution in [2.75, 3.05) is 23.7 Å². The molecule has 0 aliphatic carbocycles. The second-order valence-electron chi connectivity index (χ2n) is 4.91. The van der Waals surface area contributed by atoms with Gasteiger partial charge in [-0.15, -0.1) is 0 Å². The lowest BCUT2D eigenvalue weighted by Crippen LogP contribution is -2.20. The zero-order chi connectivity index (χ0) is 11.8. The third kappa shape index (κ3) is 1.71. The number of anilines is 2. The number of rotatable bonds is 1. The molecule has 3 heteroatoms. The molecular formula is C14H17N3. The molecule has 17 heavy (non-hydrogen) atoms. The van der Waals surface area contributed by atoms with Crippen molar-refractivity contribution in [3.05, 3.63) is 30.5 Å². The first-order valence-corrected chi connectivity index (χ1v) is 6.14. The fourth-order valence-electron chi connectivity index (χ4n) is 2.59. The lowest BCUT2D eigenvalue weighted by Gasteiger charge is -2.21. The summed E-state index contributed by atoms with van der Waals surface area (Å²) in [5.41, 5.74) is 9.26. The number of hydrogen-bond acceptors (Lipinski definition) is 3. The van der Waals surface area contributed by atoms with E-state index in [-0.39, 0.29) is 0 Å². The summed E-state index contributed by atoms with van der Waals surface area (Å²) in [6, 6.07) is 8.14. The first-order valence-electron chi connectivity index (χ1n) is 6.14. The van der Waals surface area contributed by atoms with Crippen LogP contribution in [0.2, 0.25) is 0 Å². The van der Waals surface area contributed by atoms with Crippen molar-refractivity contribution in [3.63, 3.8) is 0 Å². The standard InChI is InChI=1S/C14H17N3/c1-10-6-8-17(9-10)13-5-4-12-11(14(13)15)3-2-7-16-12/h2-5,7,10H,6,8-9,15H2,1H3. The predicted octanol–water partition coefficient (Wildman–Crippen LogP) is 2.66. The van der Waals surface area contributed by atoms with Gasteiger partial charge < -0.3 is 10.6 Å². The fraction of sp³-hybridized carbons (Fsp3) is 0.357. The Kier molecular flexibility index (Phi) is 2.39. The zero-order valence-corrected chi connectivity index (χ0v) is 10.1. The summed E-state index contributed by atoms with van der Waals surface area (Å²) in [4.78, 5) is 6.71. The molecule has 1 aromatic heterocycles. The molecule has 0 spiro atoms. The molecule has 1 aromatic carbocycles. The third-order valence-corrected chi connectivity index (χ3v) is 3.57. The molecule has 1 aliphatic heterocycles. The molecule has 3 nitrogen and oxygen atoms in total. The molecule has 1 unspecified atom stereocenters.